The number of nitrogens with zero attached hydrogens (tertiary/aromatic N) is 4. The highest BCUT2D eigenvalue weighted by atomic mass is 16.5. The van der Waals surface area contributed by atoms with E-state index in [2.05, 4.69) is 39.6 Å². The molecule has 2 aromatic rings. The van der Waals surface area contributed by atoms with Crippen molar-refractivity contribution < 1.29 is 9.53 Å². The fourth-order valence-electron chi connectivity index (χ4n) is 4.31. The molecule has 1 aromatic heterocycles. The van der Waals surface area contributed by atoms with Gasteiger partial charge in [0, 0.05) is 39.3 Å². The number of nitrogens with one attached hydrogen (secondary N) is 1. The molecular formula is C21H29N5O2. The van der Waals surface area contributed by atoms with E-state index in [9.17, 15) is 4.79 Å². The Morgan fingerprint density at radius 1 is 1.18 bits per heavy atom. The second-order valence-electron chi connectivity index (χ2n) is 7.73. The zero-order valence-corrected chi connectivity index (χ0v) is 16.9. The SMILES string of the molecule is COc1nn(C)c(C)c1NC(=O)N1CCC(N2CCc3ccccc3C2)CC1. The minimum atomic E-state index is -0.0724. The first-order valence-electron chi connectivity index (χ1n) is 10.0. The molecule has 1 aromatic carbocycles. The molecule has 7 heteroatoms. The van der Waals surface area contributed by atoms with Crippen molar-refractivity contribution in [3.63, 3.8) is 0 Å². The molecule has 4 rings (SSSR count). The number of carbonyl (C=O) groups excluding carboxylic acids is 1. The van der Waals surface area contributed by atoms with Crippen LogP contribution in [0.1, 0.15) is 29.7 Å². The van der Waals surface area contributed by atoms with Crippen LogP contribution in [0.3, 0.4) is 0 Å². The molecule has 150 valence electrons. The molecule has 0 bridgehead atoms. The van der Waals surface area contributed by atoms with E-state index in [1.165, 1.54) is 11.1 Å². The third-order valence-electron chi connectivity index (χ3n) is 6.16. The van der Waals surface area contributed by atoms with E-state index in [4.69, 9.17) is 4.74 Å². The smallest absolute Gasteiger partial charge is 0.322 e. The summed E-state index contributed by atoms with van der Waals surface area (Å²) in [4.78, 5) is 17.2. The molecular weight excluding hydrogens is 354 g/mol. The van der Waals surface area contributed by atoms with Gasteiger partial charge in [-0.15, -0.1) is 5.10 Å². The topological polar surface area (TPSA) is 62.6 Å². The standard InChI is InChI=1S/C21H29N5O2/c1-15-19(20(28-3)23-24(15)2)22-21(27)25-12-9-18(10-13-25)26-11-8-16-6-4-5-7-17(16)14-26/h4-7,18H,8-14H2,1-3H3,(H,22,27). The summed E-state index contributed by atoms with van der Waals surface area (Å²) in [6.45, 7) is 5.61. The van der Waals surface area contributed by atoms with Gasteiger partial charge in [0.1, 0.15) is 5.69 Å². The number of fused-ring (bicyclic) bond motifs is 1. The Kier molecular flexibility index (Phi) is 5.26. The summed E-state index contributed by atoms with van der Waals surface area (Å²) in [6.07, 6.45) is 3.15. The van der Waals surface area contributed by atoms with Gasteiger partial charge in [-0.2, -0.15) is 0 Å². The third-order valence-corrected chi connectivity index (χ3v) is 6.16. The number of hydrogen-bond acceptors (Lipinski definition) is 4. The van der Waals surface area contributed by atoms with Crippen LogP contribution in [-0.2, 0) is 20.0 Å². The summed E-state index contributed by atoms with van der Waals surface area (Å²) in [7, 11) is 3.41. The number of piperidine rings is 1. The quantitative estimate of drug-likeness (QED) is 0.885. The van der Waals surface area contributed by atoms with Crippen molar-refractivity contribution in [1.82, 2.24) is 19.6 Å². The molecule has 0 atom stereocenters. The molecule has 2 aliphatic heterocycles. The van der Waals surface area contributed by atoms with Gasteiger partial charge in [0.15, 0.2) is 0 Å². The van der Waals surface area contributed by atoms with Gasteiger partial charge in [-0.25, -0.2) is 4.79 Å². The van der Waals surface area contributed by atoms with Gasteiger partial charge in [0.05, 0.1) is 12.8 Å². The second-order valence-corrected chi connectivity index (χ2v) is 7.73. The number of aryl methyl sites for hydroxylation is 1. The third kappa shape index (κ3) is 3.58. The van der Waals surface area contributed by atoms with Crippen molar-refractivity contribution in [3.8, 4) is 5.88 Å². The van der Waals surface area contributed by atoms with Crippen molar-refractivity contribution in [3.05, 3.63) is 41.1 Å². The number of aromatic nitrogens is 2. The number of benzene rings is 1. The first-order chi connectivity index (χ1) is 13.6. The van der Waals surface area contributed by atoms with Crippen LogP contribution < -0.4 is 10.1 Å². The van der Waals surface area contributed by atoms with E-state index >= 15 is 0 Å². The van der Waals surface area contributed by atoms with Crippen LogP contribution in [0.2, 0.25) is 0 Å². The van der Waals surface area contributed by atoms with E-state index in [0.29, 0.717) is 17.6 Å². The summed E-state index contributed by atoms with van der Waals surface area (Å²) < 4.78 is 7.01. The molecule has 0 spiro atoms. The predicted molar refractivity (Wildman–Crippen MR) is 109 cm³/mol. The van der Waals surface area contributed by atoms with Crippen LogP contribution in [0.4, 0.5) is 10.5 Å². The van der Waals surface area contributed by atoms with Crippen LogP contribution in [0, 0.1) is 6.92 Å². The van der Waals surface area contributed by atoms with Crippen molar-refractivity contribution in [2.24, 2.45) is 7.05 Å². The van der Waals surface area contributed by atoms with Gasteiger partial charge in [0.2, 0.25) is 0 Å². The first kappa shape index (κ1) is 18.8. The zero-order valence-electron chi connectivity index (χ0n) is 16.9. The number of ether oxygens (including phenoxy) is 1. The Hall–Kier alpha value is -2.54. The van der Waals surface area contributed by atoms with Crippen LogP contribution in [-0.4, -0.2) is 58.4 Å². The number of likely N-dealkylation sites (tertiary alicyclic amines) is 1. The van der Waals surface area contributed by atoms with Crippen molar-refractivity contribution >= 4 is 11.7 Å². The molecule has 2 amide bonds. The number of urea groups is 1. The molecule has 1 N–H and O–H groups in total. The van der Waals surface area contributed by atoms with Crippen LogP contribution in [0.5, 0.6) is 5.88 Å². The lowest BCUT2D eigenvalue weighted by Crippen LogP contribution is -2.49. The maximum absolute atomic E-state index is 12.8. The summed E-state index contributed by atoms with van der Waals surface area (Å²) >= 11 is 0. The largest absolute Gasteiger partial charge is 0.478 e. The Balaban J connectivity index is 1.34. The minimum absolute atomic E-state index is 0.0724. The molecule has 1 fully saturated rings. The summed E-state index contributed by atoms with van der Waals surface area (Å²) in [5.41, 5.74) is 4.47. The van der Waals surface area contributed by atoms with Crippen LogP contribution >= 0.6 is 0 Å². The molecule has 0 saturated carbocycles. The fourth-order valence-corrected chi connectivity index (χ4v) is 4.31. The van der Waals surface area contributed by atoms with Gasteiger partial charge in [-0.1, -0.05) is 24.3 Å². The lowest BCUT2D eigenvalue weighted by atomic mass is 9.95. The van der Waals surface area contributed by atoms with Gasteiger partial charge < -0.3 is 15.0 Å². The van der Waals surface area contributed by atoms with Crippen LogP contribution in [0.25, 0.3) is 0 Å². The molecule has 0 radical (unpaired) electrons. The second kappa shape index (κ2) is 7.83. The van der Waals surface area contributed by atoms with Gasteiger partial charge in [-0.05, 0) is 37.3 Å². The molecule has 1 saturated heterocycles. The maximum atomic E-state index is 12.8. The van der Waals surface area contributed by atoms with E-state index in [-0.39, 0.29) is 6.03 Å². The first-order valence-corrected chi connectivity index (χ1v) is 10.0. The Morgan fingerprint density at radius 2 is 1.89 bits per heavy atom. The van der Waals surface area contributed by atoms with Crippen molar-refractivity contribution in [1.29, 1.82) is 0 Å². The highest BCUT2D eigenvalue weighted by molar-refractivity contribution is 5.91. The number of amides is 2. The molecule has 3 heterocycles. The minimum Gasteiger partial charge on any atom is -0.478 e. The fraction of sp³-hybridized carbons (Fsp3) is 0.524. The van der Waals surface area contributed by atoms with E-state index in [1.807, 2.05) is 18.9 Å². The molecule has 2 aliphatic rings. The number of methoxy groups -OCH3 is 1. The average Bonchev–Trinajstić information content (AvgIpc) is 3.01. The monoisotopic (exact) mass is 383 g/mol. The zero-order chi connectivity index (χ0) is 19.7. The Labute approximate surface area is 166 Å². The molecule has 0 aliphatic carbocycles. The van der Waals surface area contributed by atoms with Gasteiger partial charge in [-0.3, -0.25) is 9.58 Å². The van der Waals surface area contributed by atoms with E-state index in [1.54, 1.807) is 11.8 Å². The highest BCUT2D eigenvalue weighted by Crippen LogP contribution is 2.28. The normalized spacial score (nSPS) is 18.0. The molecule has 28 heavy (non-hydrogen) atoms. The summed E-state index contributed by atoms with van der Waals surface area (Å²) in [5, 5.41) is 7.27. The van der Waals surface area contributed by atoms with E-state index < -0.39 is 0 Å². The molecule has 7 nitrogen and oxygen atoms in total. The van der Waals surface area contributed by atoms with Crippen molar-refractivity contribution in [2.45, 2.75) is 38.8 Å². The predicted octanol–water partition coefficient (Wildman–Crippen LogP) is 2.79. The summed E-state index contributed by atoms with van der Waals surface area (Å²) in [5.74, 6) is 0.454. The number of anilines is 1. The molecule has 0 unspecified atom stereocenters. The Morgan fingerprint density at radius 3 is 2.61 bits per heavy atom. The number of hydrogen-bond donors (Lipinski definition) is 1. The van der Waals surface area contributed by atoms with Crippen LogP contribution in [0.15, 0.2) is 24.3 Å². The highest BCUT2D eigenvalue weighted by Gasteiger charge is 2.29. The van der Waals surface area contributed by atoms with Crippen molar-refractivity contribution in [2.75, 3.05) is 32.1 Å². The Bertz CT molecular complexity index is 854. The lowest BCUT2D eigenvalue weighted by molar-refractivity contribution is 0.111. The van der Waals surface area contributed by atoms with Gasteiger partial charge >= 0.3 is 6.03 Å². The lowest BCUT2D eigenvalue weighted by Gasteiger charge is -2.40. The maximum Gasteiger partial charge on any atom is 0.322 e. The number of rotatable bonds is 3. The van der Waals surface area contributed by atoms with E-state index in [0.717, 1.165) is 51.1 Å². The number of carbonyl (C=O) groups is 1. The summed E-state index contributed by atoms with van der Waals surface area (Å²) in [6, 6.07) is 9.22. The average molecular weight is 383 g/mol. The van der Waals surface area contributed by atoms with Gasteiger partial charge in [0.25, 0.3) is 5.88 Å².